The number of nitrogen functional groups attached to an aromatic ring is 1. The predicted octanol–water partition coefficient (Wildman–Crippen LogP) is 1.91. The number of nitro groups is 1. The third-order valence-electron chi connectivity index (χ3n) is 1.67. The van der Waals surface area contributed by atoms with Gasteiger partial charge in [-0.1, -0.05) is 12.1 Å². The van der Waals surface area contributed by atoms with E-state index in [1.807, 2.05) is 0 Å². The van der Waals surface area contributed by atoms with Gasteiger partial charge >= 0.3 is 0 Å². The van der Waals surface area contributed by atoms with Crippen LogP contribution in [0.25, 0.3) is 0 Å². The molecule has 0 amide bonds. The van der Waals surface area contributed by atoms with Crippen molar-refractivity contribution in [3.8, 4) is 0 Å². The molecule has 4 nitrogen and oxygen atoms in total. The van der Waals surface area contributed by atoms with E-state index >= 15 is 0 Å². The molecule has 0 fully saturated rings. The Morgan fingerprint density at radius 3 is 2.85 bits per heavy atom. The molecule has 0 saturated carbocycles. The summed E-state index contributed by atoms with van der Waals surface area (Å²) in [6.07, 6.45) is 2.30. The van der Waals surface area contributed by atoms with E-state index in [4.69, 9.17) is 5.73 Å². The molecule has 0 aliphatic rings. The minimum absolute atomic E-state index is 0.0423. The van der Waals surface area contributed by atoms with Crippen LogP contribution < -0.4 is 5.73 Å². The summed E-state index contributed by atoms with van der Waals surface area (Å²) in [7, 11) is 0. The summed E-state index contributed by atoms with van der Waals surface area (Å²) in [6, 6.07) is 4.76. The standard InChI is InChI=1S/C9H10N2O2/c1-2-3-7-4-5-8(10)9(6-7)11(12)13/h2,4-6H,1,3,10H2. The van der Waals surface area contributed by atoms with Crippen molar-refractivity contribution in [2.45, 2.75) is 6.42 Å². The van der Waals surface area contributed by atoms with E-state index in [0.717, 1.165) is 5.56 Å². The van der Waals surface area contributed by atoms with E-state index in [1.54, 1.807) is 12.1 Å². The fourth-order valence-electron chi connectivity index (χ4n) is 1.04. The van der Waals surface area contributed by atoms with Crippen molar-refractivity contribution in [2.24, 2.45) is 0 Å². The second kappa shape index (κ2) is 3.71. The number of rotatable bonds is 3. The van der Waals surface area contributed by atoms with E-state index in [1.165, 1.54) is 12.1 Å². The Balaban J connectivity index is 3.10. The number of allylic oxidation sites excluding steroid dienone is 1. The second-order valence-electron chi connectivity index (χ2n) is 2.64. The number of nitrogens with zero attached hydrogens (tertiary/aromatic N) is 1. The van der Waals surface area contributed by atoms with Gasteiger partial charge in [-0.25, -0.2) is 0 Å². The first kappa shape index (κ1) is 9.25. The number of anilines is 1. The van der Waals surface area contributed by atoms with Crippen LogP contribution in [-0.2, 0) is 6.42 Å². The summed E-state index contributed by atoms with van der Waals surface area (Å²) < 4.78 is 0. The molecule has 4 heteroatoms. The number of nitro benzene ring substituents is 1. The highest BCUT2D eigenvalue weighted by Gasteiger charge is 2.10. The molecule has 1 aromatic rings. The van der Waals surface area contributed by atoms with Gasteiger partial charge in [0.05, 0.1) is 4.92 Å². The van der Waals surface area contributed by atoms with Crippen molar-refractivity contribution in [3.05, 3.63) is 46.5 Å². The van der Waals surface area contributed by atoms with Crippen LogP contribution in [0.3, 0.4) is 0 Å². The summed E-state index contributed by atoms with van der Waals surface area (Å²) in [4.78, 5) is 9.99. The number of hydrogen-bond donors (Lipinski definition) is 1. The summed E-state index contributed by atoms with van der Waals surface area (Å²) >= 11 is 0. The minimum Gasteiger partial charge on any atom is -0.393 e. The van der Waals surface area contributed by atoms with E-state index in [-0.39, 0.29) is 11.4 Å². The lowest BCUT2D eigenvalue weighted by atomic mass is 10.1. The van der Waals surface area contributed by atoms with Crippen molar-refractivity contribution < 1.29 is 4.92 Å². The van der Waals surface area contributed by atoms with Gasteiger partial charge in [0.1, 0.15) is 5.69 Å². The van der Waals surface area contributed by atoms with Crippen molar-refractivity contribution in [1.29, 1.82) is 0 Å². The monoisotopic (exact) mass is 178 g/mol. The first-order valence-electron chi connectivity index (χ1n) is 3.79. The molecule has 13 heavy (non-hydrogen) atoms. The molecule has 0 heterocycles. The maximum Gasteiger partial charge on any atom is 0.292 e. The zero-order valence-corrected chi connectivity index (χ0v) is 7.06. The van der Waals surface area contributed by atoms with Crippen LogP contribution in [0, 0.1) is 10.1 Å². The van der Waals surface area contributed by atoms with Gasteiger partial charge in [-0.05, 0) is 18.1 Å². The SMILES string of the molecule is C=CCc1ccc(N)c([N+](=O)[O-])c1. The summed E-state index contributed by atoms with van der Waals surface area (Å²) in [6.45, 7) is 3.55. The lowest BCUT2D eigenvalue weighted by molar-refractivity contribution is -0.383. The topological polar surface area (TPSA) is 69.2 Å². The predicted molar refractivity (Wildman–Crippen MR) is 51.4 cm³/mol. The summed E-state index contributed by atoms with van der Waals surface area (Å²) in [5, 5.41) is 10.5. The Morgan fingerprint density at radius 2 is 2.31 bits per heavy atom. The first-order valence-corrected chi connectivity index (χ1v) is 3.79. The molecule has 0 radical (unpaired) electrons. The van der Waals surface area contributed by atoms with Crippen molar-refractivity contribution in [3.63, 3.8) is 0 Å². The largest absolute Gasteiger partial charge is 0.393 e. The van der Waals surface area contributed by atoms with E-state index in [2.05, 4.69) is 6.58 Å². The van der Waals surface area contributed by atoms with Crippen molar-refractivity contribution >= 4 is 11.4 Å². The highest BCUT2D eigenvalue weighted by Crippen LogP contribution is 2.22. The molecule has 0 bridgehead atoms. The number of benzene rings is 1. The van der Waals surface area contributed by atoms with Gasteiger partial charge < -0.3 is 5.73 Å². The molecule has 0 aromatic heterocycles. The molecule has 0 aliphatic heterocycles. The van der Waals surface area contributed by atoms with E-state index in [9.17, 15) is 10.1 Å². The molecule has 1 aromatic carbocycles. The van der Waals surface area contributed by atoms with Gasteiger partial charge in [0, 0.05) is 6.07 Å². The molecular weight excluding hydrogens is 168 g/mol. The van der Waals surface area contributed by atoms with E-state index < -0.39 is 4.92 Å². The number of nitrogens with two attached hydrogens (primary N) is 1. The van der Waals surface area contributed by atoms with Gasteiger partial charge in [0.2, 0.25) is 0 Å². The lowest BCUT2D eigenvalue weighted by Gasteiger charge is -1.99. The molecule has 0 aliphatic carbocycles. The molecule has 68 valence electrons. The van der Waals surface area contributed by atoms with Crippen LogP contribution in [0.2, 0.25) is 0 Å². The van der Waals surface area contributed by atoms with Crippen LogP contribution in [0.5, 0.6) is 0 Å². The van der Waals surface area contributed by atoms with Crippen molar-refractivity contribution in [1.82, 2.24) is 0 Å². The van der Waals surface area contributed by atoms with Crippen LogP contribution in [0.4, 0.5) is 11.4 Å². The fraction of sp³-hybridized carbons (Fsp3) is 0.111. The first-order chi connectivity index (χ1) is 6.15. The zero-order valence-electron chi connectivity index (χ0n) is 7.06. The average molecular weight is 178 g/mol. The fourth-order valence-corrected chi connectivity index (χ4v) is 1.04. The molecule has 0 saturated heterocycles. The Hall–Kier alpha value is -1.84. The maximum absolute atomic E-state index is 10.5. The Morgan fingerprint density at radius 1 is 1.62 bits per heavy atom. The van der Waals surface area contributed by atoms with Crippen molar-refractivity contribution in [2.75, 3.05) is 5.73 Å². The van der Waals surface area contributed by atoms with Crippen LogP contribution >= 0.6 is 0 Å². The third-order valence-corrected chi connectivity index (χ3v) is 1.67. The van der Waals surface area contributed by atoms with Crippen LogP contribution in [0.15, 0.2) is 30.9 Å². The smallest absolute Gasteiger partial charge is 0.292 e. The molecule has 0 unspecified atom stereocenters. The van der Waals surface area contributed by atoms with Gasteiger partial charge in [0.25, 0.3) is 5.69 Å². The Kier molecular flexibility index (Phi) is 2.64. The Bertz CT molecular complexity index is 347. The Labute approximate surface area is 75.8 Å². The minimum atomic E-state index is -0.484. The quantitative estimate of drug-likeness (QED) is 0.332. The molecule has 0 atom stereocenters. The third kappa shape index (κ3) is 2.05. The van der Waals surface area contributed by atoms with E-state index in [0.29, 0.717) is 6.42 Å². The van der Waals surface area contributed by atoms with Crippen LogP contribution in [0.1, 0.15) is 5.56 Å². The molecule has 0 spiro atoms. The molecule has 2 N–H and O–H groups in total. The van der Waals surface area contributed by atoms with Gasteiger partial charge in [0.15, 0.2) is 0 Å². The highest BCUT2D eigenvalue weighted by atomic mass is 16.6. The zero-order chi connectivity index (χ0) is 9.84. The van der Waals surface area contributed by atoms with Gasteiger partial charge in [-0.2, -0.15) is 0 Å². The highest BCUT2D eigenvalue weighted by molar-refractivity contribution is 5.59. The second-order valence-corrected chi connectivity index (χ2v) is 2.64. The normalized spacial score (nSPS) is 9.54. The average Bonchev–Trinajstić information content (AvgIpc) is 2.08. The summed E-state index contributed by atoms with van der Waals surface area (Å²) in [5.74, 6) is 0. The number of hydrogen-bond acceptors (Lipinski definition) is 3. The molecular formula is C9H10N2O2. The lowest BCUT2D eigenvalue weighted by Crippen LogP contribution is -1.96. The molecule has 1 rings (SSSR count). The van der Waals surface area contributed by atoms with Crippen LogP contribution in [-0.4, -0.2) is 4.92 Å². The van der Waals surface area contributed by atoms with Gasteiger partial charge in [-0.3, -0.25) is 10.1 Å². The summed E-state index contributed by atoms with van der Waals surface area (Å²) in [5.41, 5.74) is 6.41. The van der Waals surface area contributed by atoms with Gasteiger partial charge in [-0.15, -0.1) is 6.58 Å². The maximum atomic E-state index is 10.5.